The second kappa shape index (κ2) is 18.2. The van der Waals surface area contributed by atoms with Crippen molar-refractivity contribution in [1.82, 2.24) is 9.88 Å². The van der Waals surface area contributed by atoms with Gasteiger partial charge in [0.15, 0.2) is 12.2 Å². The molecule has 1 amide bonds. The number of hydrogen-bond acceptors (Lipinski definition) is 14. The molecule has 2 unspecified atom stereocenters. The molecule has 4 fully saturated rings. The van der Waals surface area contributed by atoms with E-state index in [0.29, 0.717) is 45.7 Å². The lowest BCUT2D eigenvalue weighted by molar-refractivity contribution is -0.374. The summed E-state index contributed by atoms with van der Waals surface area (Å²) in [6.07, 6.45) is -4.58. The lowest BCUT2D eigenvalue weighted by Gasteiger charge is -2.43. The number of amides is 1. The third-order valence-electron chi connectivity index (χ3n) is 12.8. The molecule has 8 rings (SSSR count). The van der Waals surface area contributed by atoms with Gasteiger partial charge in [0.25, 0.3) is 0 Å². The van der Waals surface area contributed by atoms with Gasteiger partial charge in [0.2, 0.25) is 11.7 Å². The zero-order valence-corrected chi connectivity index (χ0v) is 34.5. The number of nitrogens with zero attached hydrogens (tertiary/aromatic N) is 3. The molecule has 4 aliphatic rings. The number of carbonyl (C=O) groups excluding carboxylic acids is 1. The van der Waals surface area contributed by atoms with E-state index in [1.54, 1.807) is 37.1 Å². The number of H-pyrrole nitrogens is 1. The van der Waals surface area contributed by atoms with Crippen LogP contribution in [-0.2, 0) is 28.3 Å². The van der Waals surface area contributed by atoms with Crippen LogP contribution in [0.5, 0.6) is 5.88 Å². The molecule has 0 spiro atoms. The predicted octanol–water partition coefficient (Wildman–Crippen LogP) is 1.78. The van der Waals surface area contributed by atoms with Gasteiger partial charge in [-0.1, -0.05) is 49.4 Å². The Balaban J connectivity index is 1.03. The Morgan fingerprint density at radius 3 is 2.36 bits per heavy atom. The lowest BCUT2D eigenvalue weighted by atomic mass is 9.79. The van der Waals surface area contributed by atoms with Crippen molar-refractivity contribution in [3.8, 4) is 5.88 Å². The first-order valence-electron chi connectivity index (χ1n) is 21.0. The van der Waals surface area contributed by atoms with E-state index in [4.69, 9.17) is 28.5 Å². The number of aliphatic hydroxyl groups excluding tert-OH is 5. The minimum absolute atomic E-state index is 0.0719. The molecular formula is C44H55BN4O12. The Kier molecular flexibility index (Phi) is 13.0. The van der Waals surface area contributed by atoms with Crippen LogP contribution in [-0.4, -0.2) is 155 Å². The van der Waals surface area contributed by atoms with Gasteiger partial charge in [-0.2, -0.15) is 0 Å². The number of benzene rings is 3. The first-order valence-corrected chi connectivity index (χ1v) is 21.0. The third-order valence-corrected chi connectivity index (χ3v) is 12.8. The van der Waals surface area contributed by atoms with Crippen LogP contribution < -0.4 is 10.4 Å². The first-order chi connectivity index (χ1) is 29.4. The maximum atomic E-state index is 13.2. The third kappa shape index (κ3) is 8.62. The quantitative estimate of drug-likeness (QED) is 0.0756. The fourth-order valence-electron chi connectivity index (χ4n) is 8.93. The van der Waals surface area contributed by atoms with E-state index in [9.17, 15) is 35.4 Å². The largest absolute Gasteiger partial charge is 0.494 e. The zero-order chi connectivity index (χ0) is 43.0. The number of carbonyl (C=O) groups is 1. The molecule has 0 aliphatic carbocycles. The number of aromatic hydroxyl groups is 1. The van der Waals surface area contributed by atoms with Crippen LogP contribution in [0.2, 0.25) is 0 Å². The maximum Gasteiger partial charge on any atom is 0.494 e. The highest BCUT2D eigenvalue weighted by Gasteiger charge is 2.60. The zero-order valence-electron chi connectivity index (χ0n) is 34.5. The summed E-state index contributed by atoms with van der Waals surface area (Å²) < 4.78 is 30.3. The first kappa shape index (κ1) is 43.4. The maximum absolute atomic E-state index is 13.2. The van der Waals surface area contributed by atoms with Crippen LogP contribution in [0.4, 0.5) is 11.4 Å². The number of hydrogen-bond donors (Lipinski definition) is 7. The molecule has 4 aromatic rings. The summed E-state index contributed by atoms with van der Waals surface area (Å²) in [5.41, 5.74) is 4.16. The lowest BCUT2D eigenvalue weighted by Crippen LogP contribution is -2.61. The molecule has 9 atom stereocenters. The Labute approximate surface area is 354 Å². The highest BCUT2D eigenvalue weighted by Crippen LogP contribution is 2.41. The molecule has 4 aliphatic heterocycles. The number of fused-ring (bicyclic) bond motifs is 2. The van der Waals surface area contributed by atoms with Crippen LogP contribution in [0.25, 0.3) is 10.9 Å². The molecule has 0 radical (unpaired) electrons. The average molecular weight is 843 g/mol. The van der Waals surface area contributed by atoms with E-state index >= 15 is 0 Å². The summed E-state index contributed by atoms with van der Waals surface area (Å²) in [4.78, 5) is 25.3. The molecule has 16 nitrogen and oxygen atoms in total. The molecule has 1 aromatic heterocycles. The monoisotopic (exact) mass is 842 g/mol. The van der Waals surface area contributed by atoms with Crippen molar-refractivity contribution < 1.29 is 59.0 Å². The van der Waals surface area contributed by atoms with E-state index in [1.165, 1.54) is 0 Å². The van der Waals surface area contributed by atoms with Crippen molar-refractivity contribution in [3.63, 3.8) is 0 Å². The van der Waals surface area contributed by atoms with E-state index in [-0.39, 0.29) is 11.8 Å². The summed E-state index contributed by atoms with van der Waals surface area (Å²) in [6, 6.07) is 22.2. The topological polar surface area (TPSA) is 219 Å². The van der Waals surface area contributed by atoms with E-state index in [1.807, 2.05) is 54.6 Å². The van der Waals surface area contributed by atoms with Gasteiger partial charge in [-0.05, 0) is 81.1 Å². The Morgan fingerprint density at radius 1 is 0.984 bits per heavy atom. The van der Waals surface area contributed by atoms with Gasteiger partial charge in [0.1, 0.15) is 37.1 Å². The molecule has 326 valence electrons. The number of ether oxygens (including phenoxy) is 3. The summed E-state index contributed by atoms with van der Waals surface area (Å²) in [6.45, 7) is 1.99. The molecule has 3 aromatic carbocycles. The number of aromatic amines is 1. The van der Waals surface area contributed by atoms with Crippen LogP contribution in [0.15, 0.2) is 77.8 Å². The number of aromatic nitrogens is 1. The Bertz CT molecular complexity index is 2170. The van der Waals surface area contributed by atoms with Crippen LogP contribution in [0.3, 0.4) is 0 Å². The van der Waals surface area contributed by atoms with Crippen LogP contribution in [0, 0.1) is 11.8 Å². The second-order valence-electron chi connectivity index (χ2n) is 16.7. The average Bonchev–Trinajstić information content (AvgIpc) is 3.95. The van der Waals surface area contributed by atoms with E-state index < -0.39 is 81.6 Å². The molecule has 4 saturated heterocycles. The number of rotatable bonds is 13. The van der Waals surface area contributed by atoms with Gasteiger partial charge >= 0.3 is 7.12 Å². The van der Waals surface area contributed by atoms with Crippen molar-refractivity contribution in [2.24, 2.45) is 16.8 Å². The molecule has 0 saturated carbocycles. The van der Waals surface area contributed by atoms with Crippen molar-refractivity contribution >= 4 is 46.5 Å². The molecule has 0 bridgehead atoms. The SMILES string of the molecule is CC1[C@@H](CO)O[C@@](CO)(O[C@H]2O[C@H](CO)[C@@H](O)C3OB(c4ccc5c(C(=Nc6ccc(N(C)C(=O)CCC7CCN(C)CC7)cc6)c6ccccc6)c(O)[nH]c5c4)O[C@H]32)[C@H]1O. The van der Waals surface area contributed by atoms with Gasteiger partial charge < -0.3 is 68.9 Å². The molecular weight excluding hydrogens is 787 g/mol. The van der Waals surface area contributed by atoms with E-state index in [0.717, 1.165) is 43.6 Å². The number of nitrogens with one attached hydrogen (secondary N) is 1. The highest BCUT2D eigenvalue weighted by atomic mass is 16.8. The fourth-order valence-corrected chi connectivity index (χ4v) is 8.93. The van der Waals surface area contributed by atoms with Crippen molar-refractivity contribution in [2.75, 3.05) is 51.9 Å². The van der Waals surface area contributed by atoms with Crippen molar-refractivity contribution in [1.29, 1.82) is 0 Å². The number of likely N-dealkylation sites (tertiary alicyclic amines) is 1. The summed E-state index contributed by atoms with van der Waals surface area (Å²) in [5, 5.41) is 64.5. The van der Waals surface area contributed by atoms with Crippen LogP contribution >= 0.6 is 0 Å². The number of aliphatic imine (C=N–C) groups is 1. The predicted molar refractivity (Wildman–Crippen MR) is 226 cm³/mol. The molecule has 5 heterocycles. The number of aliphatic hydroxyl groups is 5. The Morgan fingerprint density at radius 2 is 1.69 bits per heavy atom. The van der Waals surface area contributed by atoms with E-state index in [2.05, 4.69) is 16.9 Å². The summed E-state index contributed by atoms with van der Waals surface area (Å²) in [7, 11) is 2.86. The highest BCUT2D eigenvalue weighted by molar-refractivity contribution is 6.62. The molecule has 61 heavy (non-hydrogen) atoms. The van der Waals surface area contributed by atoms with Gasteiger partial charge in [-0.15, -0.1) is 0 Å². The molecule has 17 heteroatoms. The molecule has 7 N–H and O–H groups in total. The van der Waals surface area contributed by atoms with Crippen molar-refractivity contribution in [3.05, 3.63) is 83.9 Å². The summed E-state index contributed by atoms with van der Waals surface area (Å²) >= 11 is 0. The standard InChI is InChI=1S/C44H55BN4O12/c1-25-33(22-50)58-44(24-52,41(25)55)59-43-40-39(38(54)34(23-51)57-43)60-45(61-40)28-10-15-31-32(21-28)47-42(56)36(31)37(27-7-5-4-6-8-27)46-29-11-13-30(14-12-29)49(3)35(53)16-9-26-17-19-48(2)20-18-26/h4-8,10-15,21,25-26,33-34,38-41,43,47,50-52,54-56H,9,16-20,22-24H2,1-3H3/t25?,33-,34-,38-,39?,40-,41+,43-,44+/m1/s1. The second-order valence-corrected chi connectivity index (χ2v) is 16.7. The van der Waals surface area contributed by atoms with Gasteiger partial charge in [0.05, 0.1) is 36.3 Å². The number of piperidine rings is 1. The van der Waals surface area contributed by atoms with Crippen molar-refractivity contribution in [2.45, 2.75) is 81.3 Å². The Hall–Kier alpha value is -4.24. The summed E-state index contributed by atoms with van der Waals surface area (Å²) in [5.74, 6) is -2.06. The van der Waals surface area contributed by atoms with Gasteiger partial charge in [-0.3, -0.25) is 4.79 Å². The normalized spacial score (nSPS) is 30.0. The van der Waals surface area contributed by atoms with Crippen LogP contribution in [0.1, 0.15) is 43.7 Å². The smallest absolute Gasteiger partial charge is 0.494 e. The van der Waals surface area contributed by atoms with Gasteiger partial charge in [0, 0.05) is 41.5 Å². The minimum atomic E-state index is -1.98. The fraction of sp³-hybridized carbons (Fsp3) is 0.500. The minimum Gasteiger partial charge on any atom is -0.494 e. The van der Waals surface area contributed by atoms with Gasteiger partial charge in [-0.25, -0.2) is 4.99 Å². The number of anilines is 1.